The number of aromatic nitrogens is 1. The molecule has 0 bridgehead atoms. The van der Waals surface area contributed by atoms with Crippen LogP contribution in [-0.4, -0.2) is 11.3 Å². The number of rotatable bonds is 2. The minimum atomic E-state index is -4.84. The van der Waals surface area contributed by atoms with Crippen molar-refractivity contribution in [2.45, 2.75) is 12.8 Å². The highest BCUT2D eigenvalue weighted by Gasteiger charge is 2.31. The van der Waals surface area contributed by atoms with Crippen molar-refractivity contribution in [1.82, 2.24) is 4.98 Å². The van der Waals surface area contributed by atoms with Crippen LogP contribution in [0, 0.1) is 22.7 Å². The lowest BCUT2D eigenvalue weighted by Crippen LogP contribution is -2.18. The van der Waals surface area contributed by atoms with Crippen molar-refractivity contribution in [2.75, 3.05) is 0 Å². The van der Waals surface area contributed by atoms with E-state index in [0.717, 1.165) is 12.1 Å². The molecule has 82 valence electrons. The van der Waals surface area contributed by atoms with Gasteiger partial charge in [-0.15, -0.1) is 13.2 Å². The smallest absolute Gasteiger partial charge is 0.388 e. The number of pyridine rings is 1. The van der Waals surface area contributed by atoms with Crippen molar-refractivity contribution in [3.63, 3.8) is 0 Å². The van der Waals surface area contributed by atoms with Gasteiger partial charge in [-0.2, -0.15) is 10.5 Å². The van der Waals surface area contributed by atoms with E-state index >= 15 is 0 Å². The Hall–Kier alpha value is -2.28. The minimum Gasteiger partial charge on any atom is -0.388 e. The first-order chi connectivity index (χ1) is 7.46. The molecule has 0 radical (unpaired) electrons. The maximum atomic E-state index is 11.8. The largest absolute Gasteiger partial charge is 0.574 e. The molecule has 0 amide bonds. The topological polar surface area (TPSA) is 69.7 Å². The Morgan fingerprint density at radius 1 is 1.31 bits per heavy atom. The van der Waals surface area contributed by atoms with E-state index in [9.17, 15) is 13.2 Å². The first-order valence-corrected chi connectivity index (χ1v) is 3.99. The Labute approximate surface area is 88.5 Å². The van der Waals surface area contributed by atoms with Crippen LogP contribution < -0.4 is 4.74 Å². The van der Waals surface area contributed by atoms with Gasteiger partial charge in [0.15, 0.2) is 0 Å². The molecule has 0 aromatic carbocycles. The van der Waals surface area contributed by atoms with Gasteiger partial charge in [-0.25, -0.2) is 4.98 Å². The molecule has 0 unspecified atom stereocenters. The molecular weight excluding hydrogens is 223 g/mol. The zero-order valence-corrected chi connectivity index (χ0v) is 7.75. The second-order valence-corrected chi connectivity index (χ2v) is 2.64. The van der Waals surface area contributed by atoms with E-state index in [2.05, 4.69) is 9.72 Å². The number of hydrogen-bond acceptors (Lipinski definition) is 4. The summed E-state index contributed by atoms with van der Waals surface area (Å²) in [5.41, 5.74) is 0.0165. The number of ether oxygens (including phenoxy) is 1. The van der Waals surface area contributed by atoms with E-state index in [1.54, 1.807) is 12.1 Å². The van der Waals surface area contributed by atoms with Crippen LogP contribution in [0.15, 0.2) is 12.1 Å². The molecular formula is C9H4F3N3O. The lowest BCUT2D eigenvalue weighted by atomic mass is 10.2. The number of alkyl halides is 3. The van der Waals surface area contributed by atoms with Crippen molar-refractivity contribution >= 4 is 0 Å². The van der Waals surface area contributed by atoms with Gasteiger partial charge in [0.25, 0.3) is 0 Å². The second-order valence-electron chi connectivity index (χ2n) is 2.64. The first-order valence-electron chi connectivity index (χ1n) is 3.99. The molecule has 0 aliphatic carbocycles. The van der Waals surface area contributed by atoms with Gasteiger partial charge in [0, 0.05) is 6.07 Å². The molecule has 0 saturated carbocycles. The van der Waals surface area contributed by atoms with Gasteiger partial charge in [0.05, 0.1) is 23.7 Å². The van der Waals surface area contributed by atoms with Gasteiger partial charge in [0.2, 0.25) is 5.88 Å². The van der Waals surface area contributed by atoms with Crippen LogP contribution in [0.25, 0.3) is 0 Å². The van der Waals surface area contributed by atoms with E-state index < -0.39 is 12.2 Å². The van der Waals surface area contributed by atoms with Gasteiger partial charge in [-0.1, -0.05) is 0 Å². The van der Waals surface area contributed by atoms with E-state index in [1.807, 2.05) is 0 Å². The molecule has 1 aromatic heterocycles. The third-order valence-electron chi connectivity index (χ3n) is 1.54. The number of halogens is 3. The molecule has 0 spiro atoms. The van der Waals surface area contributed by atoms with Gasteiger partial charge in [-0.3, -0.25) is 0 Å². The summed E-state index contributed by atoms with van der Waals surface area (Å²) in [5, 5.41) is 17.0. The summed E-state index contributed by atoms with van der Waals surface area (Å²) in [6, 6.07) is 5.47. The second kappa shape index (κ2) is 4.49. The molecule has 1 heterocycles. The van der Waals surface area contributed by atoms with Crippen LogP contribution in [0.4, 0.5) is 13.2 Å². The van der Waals surface area contributed by atoms with Crippen LogP contribution in [0.2, 0.25) is 0 Å². The van der Waals surface area contributed by atoms with E-state index in [4.69, 9.17) is 10.5 Å². The van der Waals surface area contributed by atoms with Crippen molar-refractivity contribution in [3.05, 3.63) is 23.4 Å². The summed E-state index contributed by atoms with van der Waals surface area (Å²) in [6.07, 6.45) is -5.09. The third-order valence-corrected chi connectivity index (χ3v) is 1.54. The average molecular weight is 227 g/mol. The van der Waals surface area contributed by atoms with Crippen LogP contribution in [0.5, 0.6) is 5.88 Å². The maximum Gasteiger partial charge on any atom is 0.574 e. The number of hydrogen-bond donors (Lipinski definition) is 0. The molecule has 7 heteroatoms. The predicted molar refractivity (Wildman–Crippen MR) is 45.0 cm³/mol. The first kappa shape index (κ1) is 11.8. The van der Waals surface area contributed by atoms with Crippen molar-refractivity contribution in [1.29, 1.82) is 10.5 Å². The van der Waals surface area contributed by atoms with Crippen molar-refractivity contribution in [2.24, 2.45) is 0 Å². The zero-order chi connectivity index (χ0) is 12.2. The Morgan fingerprint density at radius 3 is 2.50 bits per heavy atom. The van der Waals surface area contributed by atoms with Gasteiger partial charge in [-0.05, 0) is 6.07 Å². The summed E-state index contributed by atoms with van der Waals surface area (Å²) >= 11 is 0. The normalized spacial score (nSPS) is 10.3. The van der Waals surface area contributed by atoms with Crippen LogP contribution in [-0.2, 0) is 6.42 Å². The molecule has 0 N–H and O–H groups in total. The molecule has 0 aliphatic rings. The fourth-order valence-electron chi connectivity index (χ4n) is 0.968. The highest BCUT2D eigenvalue weighted by atomic mass is 19.4. The highest BCUT2D eigenvalue weighted by Crippen LogP contribution is 2.22. The summed E-state index contributed by atoms with van der Waals surface area (Å²) < 4.78 is 39.1. The summed E-state index contributed by atoms with van der Waals surface area (Å²) in [4.78, 5) is 3.43. The monoisotopic (exact) mass is 227 g/mol. The zero-order valence-electron chi connectivity index (χ0n) is 7.75. The van der Waals surface area contributed by atoms with E-state index in [0.29, 0.717) is 0 Å². The van der Waals surface area contributed by atoms with E-state index in [1.165, 1.54) is 0 Å². The van der Waals surface area contributed by atoms with Crippen LogP contribution in [0.1, 0.15) is 11.3 Å². The summed E-state index contributed by atoms with van der Waals surface area (Å²) in [5.74, 6) is -0.684. The number of nitriles is 2. The van der Waals surface area contributed by atoms with Crippen LogP contribution >= 0.6 is 0 Å². The Kier molecular flexibility index (Phi) is 3.31. The maximum absolute atomic E-state index is 11.8. The SMILES string of the molecule is N#CCc1nc(OC(F)(F)F)ccc1C#N. The number of nitrogens with zero attached hydrogens (tertiary/aromatic N) is 3. The fraction of sp³-hybridized carbons (Fsp3) is 0.222. The van der Waals surface area contributed by atoms with Gasteiger partial charge < -0.3 is 4.74 Å². The molecule has 4 nitrogen and oxygen atoms in total. The molecule has 0 saturated heterocycles. The predicted octanol–water partition coefficient (Wildman–Crippen LogP) is 1.92. The third kappa shape index (κ3) is 3.14. The summed E-state index contributed by atoms with van der Waals surface area (Å²) in [6.45, 7) is 0. The molecule has 1 aromatic rings. The molecule has 0 atom stereocenters. The molecule has 16 heavy (non-hydrogen) atoms. The highest BCUT2D eigenvalue weighted by molar-refractivity contribution is 5.37. The van der Waals surface area contributed by atoms with Gasteiger partial charge >= 0.3 is 6.36 Å². The average Bonchev–Trinajstić information content (AvgIpc) is 2.16. The van der Waals surface area contributed by atoms with Gasteiger partial charge in [0.1, 0.15) is 6.07 Å². The molecule has 1 rings (SSSR count). The van der Waals surface area contributed by atoms with E-state index in [-0.39, 0.29) is 17.7 Å². The fourth-order valence-corrected chi connectivity index (χ4v) is 0.968. The Morgan fingerprint density at radius 2 is 2.00 bits per heavy atom. The Bertz CT molecular complexity index is 470. The summed E-state index contributed by atoms with van der Waals surface area (Å²) in [7, 11) is 0. The minimum absolute atomic E-state index is 0.0354. The van der Waals surface area contributed by atoms with Crippen molar-refractivity contribution in [3.8, 4) is 18.0 Å². The lowest BCUT2D eigenvalue weighted by Gasteiger charge is -2.08. The Balaban J connectivity index is 3.04. The lowest BCUT2D eigenvalue weighted by molar-refractivity contribution is -0.276. The molecule has 0 aliphatic heterocycles. The van der Waals surface area contributed by atoms with Crippen molar-refractivity contribution < 1.29 is 17.9 Å². The van der Waals surface area contributed by atoms with Crippen LogP contribution in [0.3, 0.4) is 0 Å². The molecule has 0 fully saturated rings. The quantitative estimate of drug-likeness (QED) is 0.773. The standard InChI is InChI=1S/C9H4F3N3O/c10-9(11,12)16-8-2-1-6(5-14)7(15-8)3-4-13/h1-2H,3H2.